The number of nitrogens with one attached hydrogen (secondary N) is 1. The van der Waals surface area contributed by atoms with Crippen molar-refractivity contribution in [3.63, 3.8) is 0 Å². The van der Waals surface area contributed by atoms with Crippen LogP contribution in [-0.2, 0) is 4.74 Å². The van der Waals surface area contributed by atoms with Gasteiger partial charge in [-0.1, -0.05) is 0 Å². The van der Waals surface area contributed by atoms with Gasteiger partial charge in [0.1, 0.15) is 12.4 Å². The largest absolute Gasteiger partial charge is 0.374 e. The van der Waals surface area contributed by atoms with Crippen molar-refractivity contribution >= 4 is 21.8 Å². The lowest BCUT2D eigenvalue weighted by molar-refractivity contribution is 0.0188. The van der Waals surface area contributed by atoms with Crippen LogP contribution in [-0.4, -0.2) is 32.1 Å². The van der Waals surface area contributed by atoms with Gasteiger partial charge < -0.3 is 10.1 Å². The fourth-order valence-corrected chi connectivity index (χ4v) is 1.60. The molecule has 0 bridgehead atoms. The third kappa shape index (κ3) is 5.05. The van der Waals surface area contributed by atoms with Crippen LogP contribution in [0.25, 0.3) is 0 Å². The van der Waals surface area contributed by atoms with Gasteiger partial charge in [-0.05, 0) is 34.1 Å². The number of rotatable bonds is 6. The highest BCUT2D eigenvalue weighted by Gasteiger charge is 2.10. The first kappa shape index (κ1) is 15.0. The van der Waals surface area contributed by atoms with Gasteiger partial charge in [-0.25, -0.2) is 13.2 Å². The number of ether oxygens (including phenoxy) is 1. The molecule has 0 unspecified atom stereocenters. The zero-order chi connectivity index (χ0) is 13.5. The maximum Gasteiger partial charge on any atom is 0.261 e. The number of benzene rings is 1. The fraction of sp³-hybridized carbons (Fsp3) is 0.364. The summed E-state index contributed by atoms with van der Waals surface area (Å²) in [7, 11) is 0. The van der Waals surface area contributed by atoms with Gasteiger partial charge in [0.2, 0.25) is 0 Å². The lowest BCUT2D eigenvalue weighted by atomic mass is 10.2. The minimum atomic E-state index is -2.53. The third-order valence-corrected chi connectivity index (χ3v) is 2.64. The molecule has 0 saturated carbocycles. The lowest BCUT2D eigenvalue weighted by Gasteiger charge is -2.07. The summed E-state index contributed by atoms with van der Waals surface area (Å²) in [6, 6.07) is 3.71. The van der Waals surface area contributed by atoms with E-state index in [4.69, 9.17) is 0 Å². The molecule has 1 rings (SSSR count). The summed E-state index contributed by atoms with van der Waals surface area (Å²) in [5, 5.41) is 2.44. The standard InChI is InChI=1S/C11H11BrF3NO2/c12-9-2-1-7(13)5-8(9)11(17)16-3-4-18-6-10(14)15/h1-2,5,10H,3-4,6H2,(H,16,17). The molecule has 1 amide bonds. The molecular formula is C11H11BrF3NO2. The second kappa shape index (κ2) is 7.38. The van der Waals surface area contributed by atoms with Crippen molar-refractivity contribution in [1.82, 2.24) is 5.32 Å². The Kier molecular flexibility index (Phi) is 6.14. The summed E-state index contributed by atoms with van der Waals surface area (Å²) in [5.41, 5.74) is 0.142. The molecule has 1 aromatic carbocycles. The third-order valence-electron chi connectivity index (χ3n) is 1.95. The zero-order valence-corrected chi connectivity index (χ0v) is 10.8. The van der Waals surface area contributed by atoms with Gasteiger partial charge in [-0.2, -0.15) is 0 Å². The highest BCUT2D eigenvalue weighted by atomic mass is 79.9. The molecule has 100 valence electrons. The number of halogens is 4. The number of carbonyl (C=O) groups is 1. The van der Waals surface area contributed by atoms with Crippen LogP contribution in [0.5, 0.6) is 0 Å². The number of alkyl halides is 2. The van der Waals surface area contributed by atoms with Gasteiger partial charge in [0.05, 0.1) is 12.2 Å². The maximum atomic E-state index is 12.9. The Bertz CT molecular complexity index is 415. The van der Waals surface area contributed by atoms with E-state index in [1.54, 1.807) is 0 Å². The van der Waals surface area contributed by atoms with Crippen LogP contribution in [0.2, 0.25) is 0 Å². The SMILES string of the molecule is O=C(NCCOCC(F)F)c1cc(F)ccc1Br. The van der Waals surface area contributed by atoms with Gasteiger partial charge >= 0.3 is 0 Å². The minimum Gasteiger partial charge on any atom is -0.374 e. The lowest BCUT2D eigenvalue weighted by Crippen LogP contribution is -2.28. The van der Waals surface area contributed by atoms with Crippen molar-refractivity contribution in [3.8, 4) is 0 Å². The second-order valence-electron chi connectivity index (χ2n) is 3.35. The summed E-state index contributed by atoms with van der Waals surface area (Å²) < 4.78 is 41.4. The summed E-state index contributed by atoms with van der Waals surface area (Å²) in [4.78, 5) is 11.6. The van der Waals surface area contributed by atoms with Gasteiger partial charge in [0, 0.05) is 11.0 Å². The highest BCUT2D eigenvalue weighted by Crippen LogP contribution is 2.17. The Hall–Kier alpha value is -1.08. The van der Waals surface area contributed by atoms with Crippen LogP contribution in [0, 0.1) is 5.82 Å². The molecule has 0 aromatic heterocycles. The van der Waals surface area contributed by atoms with E-state index >= 15 is 0 Å². The average molecular weight is 326 g/mol. The molecule has 18 heavy (non-hydrogen) atoms. The molecule has 7 heteroatoms. The van der Waals surface area contributed by atoms with Gasteiger partial charge in [-0.3, -0.25) is 4.79 Å². The van der Waals surface area contributed by atoms with Crippen molar-refractivity contribution in [3.05, 3.63) is 34.1 Å². The normalized spacial score (nSPS) is 10.7. The molecule has 0 radical (unpaired) electrons. The monoisotopic (exact) mass is 325 g/mol. The fourth-order valence-electron chi connectivity index (χ4n) is 1.18. The molecule has 0 atom stereocenters. The van der Waals surface area contributed by atoms with Gasteiger partial charge in [0.25, 0.3) is 12.3 Å². The van der Waals surface area contributed by atoms with E-state index < -0.39 is 24.8 Å². The summed E-state index contributed by atoms with van der Waals surface area (Å²) in [5.74, 6) is -1.03. The molecule has 1 N–H and O–H groups in total. The summed E-state index contributed by atoms with van der Waals surface area (Å²) in [6.07, 6.45) is -2.53. The van der Waals surface area contributed by atoms with E-state index in [0.717, 1.165) is 6.07 Å². The quantitative estimate of drug-likeness (QED) is 0.816. The Balaban J connectivity index is 2.39. The molecule has 1 aromatic rings. The number of amides is 1. The first-order chi connectivity index (χ1) is 8.50. The van der Waals surface area contributed by atoms with Gasteiger partial charge in [0.15, 0.2) is 0 Å². The zero-order valence-electron chi connectivity index (χ0n) is 9.26. The van der Waals surface area contributed by atoms with Crippen LogP contribution in [0.15, 0.2) is 22.7 Å². The van der Waals surface area contributed by atoms with Crippen molar-refractivity contribution in [2.24, 2.45) is 0 Å². The van der Waals surface area contributed by atoms with E-state index in [-0.39, 0.29) is 18.7 Å². The Morgan fingerprint density at radius 3 is 2.83 bits per heavy atom. The molecular weight excluding hydrogens is 315 g/mol. The van der Waals surface area contributed by atoms with Crippen LogP contribution < -0.4 is 5.32 Å². The molecule has 3 nitrogen and oxygen atoms in total. The van der Waals surface area contributed by atoms with E-state index in [1.165, 1.54) is 12.1 Å². The summed E-state index contributed by atoms with van der Waals surface area (Å²) in [6.45, 7) is -0.614. The van der Waals surface area contributed by atoms with Crippen molar-refractivity contribution < 1.29 is 22.7 Å². The number of carbonyl (C=O) groups excluding carboxylic acids is 1. The van der Waals surface area contributed by atoms with Gasteiger partial charge in [-0.15, -0.1) is 0 Å². The molecule has 0 spiro atoms. The second-order valence-corrected chi connectivity index (χ2v) is 4.20. The first-order valence-electron chi connectivity index (χ1n) is 5.10. The van der Waals surface area contributed by atoms with Crippen LogP contribution in [0.3, 0.4) is 0 Å². The Morgan fingerprint density at radius 1 is 1.44 bits per heavy atom. The van der Waals surface area contributed by atoms with E-state index in [9.17, 15) is 18.0 Å². The van der Waals surface area contributed by atoms with E-state index in [0.29, 0.717) is 4.47 Å². The average Bonchev–Trinajstić information content (AvgIpc) is 2.31. The first-order valence-corrected chi connectivity index (χ1v) is 5.89. The number of hydrogen-bond acceptors (Lipinski definition) is 2. The molecule has 0 aliphatic rings. The van der Waals surface area contributed by atoms with E-state index in [2.05, 4.69) is 26.0 Å². The summed E-state index contributed by atoms with van der Waals surface area (Å²) >= 11 is 3.11. The van der Waals surface area contributed by atoms with Crippen molar-refractivity contribution in [1.29, 1.82) is 0 Å². The van der Waals surface area contributed by atoms with Crippen LogP contribution >= 0.6 is 15.9 Å². The minimum absolute atomic E-state index is 0.0248. The van der Waals surface area contributed by atoms with Crippen LogP contribution in [0.4, 0.5) is 13.2 Å². The predicted molar refractivity (Wildman–Crippen MR) is 63.3 cm³/mol. The number of hydrogen-bond donors (Lipinski definition) is 1. The molecule has 0 saturated heterocycles. The maximum absolute atomic E-state index is 12.9. The molecule has 0 aliphatic carbocycles. The highest BCUT2D eigenvalue weighted by molar-refractivity contribution is 9.10. The topological polar surface area (TPSA) is 38.3 Å². The van der Waals surface area contributed by atoms with E-state index in [1.807, 2.05) is 0 Å². The molecule has 0 aliphatic heterocycles. The van der Waals surface area contributed by atoms with Crippen molar-refractivity contribution in [2.75, 3.05) is 19.8 Å². The molecule has 0 fully saturated rings. The van der Waals surface area contributed by atoms with Crippen molar-refractivity contribution in [2.45, 2.75) is 6.43 Å². The molecule has 0 heterocycles. The van der Waals surface area contributed by atoms with Crippen LogP contribution in [0.1, 0.15) is 10.4 Å². The smallest absolute Gasteiger partial charge is 0.261 e. The predicted octanol–water partition coefficient (Wildman–Crippen LogP) is 2.60. The Morgan fingerprint density at radius 2 is 2.17 bits per heavy atom. The Labute approximate surface area is 110 Å².